The highest BCUT2D eigenvalue weighted by atomic mass is 79.9. The third-order valence-electron chi connectivity index (χ3n) is 3.58. The summed E-state index contributed by atoms with van der Waals surface area (Å²) in [5.74, 6) is 0.799. The zero-order valence-electron chi connectivity index (χ0n) is 15.5. The lowest BCUT2D eigenvalue weighted by Crippen LogP contribution is -2.28. The van der Waals surface area contributed by atoms with Gasteiger partial charge in [0.1, 0.15) is 11.0 Å². The van der Waals surface area contributed by atoms with Crippen molar-refractivity contribution < 1.29 is 19.0 Å². The number of carbonyl (C=O) groups excluding carboxylic acids is 1. The number of anilines is 1. The molecule has 146 valence electrons. The maximum absolute atomic E-state index is 12.3. The van der Waals surface area contributed by atoms with E-state index in [1.807, 2.05) is 25.1 Å². The number of nitrogens with zero attached hydrogens (tertiary/aromatic N) is 2. The van der Waals surface area contributed by atoms with E-state index in [0.717, 1.165) is 10.2 Å². The Morgan fingerprint density at radius 2 is 2.04 bits per heavy atom. The first-order chi connectivity index (χ1) is 13.0. The van der Waals surface area contributed by atoms with Gasteiger partial charge in [-0.05, 0) is 47.5 Å². The number of esters is 1. The molecule has 2 rings (SSSR count). The summed E-state index contributed by atoms with van der Waals surface area (Å²) in [6, 6.07) is 5.61. The largest absolute Gasteiger partial charge is 0.493 e. The second-order valence-electron chi connectivity index (χ2n) is 5.41. The van der Waals surface area contributed by atoms with Crippen molar-refractivity contribution in [3.63, 3.8) is 0 Å². The van der Waals surface area contributed by atoms with E-state index in [2.05, 4.69) is 26.3 Å². The van der Waals surface area contributed by atoms with Crippen LogP contribution >= 0.6 is 15.9 Å². The van der Waals surface area contributed by atoms with Crippen LogP contribution in [0.3, 0.4) is 0 Å². The van der Waals surface area contributed by atoms with Crippen molar-refractivity contribution in [2.75, 3.05) is 25.6 Å². The number of halogens is 1. The monoisotopic (exact) mass is 439 g/mol. The van der Waals surface area contributed by atoms with Gasteiger partial charge in [0.25, 0.3) is 5.56 Å². The highest BCUT2D eigenvalue weighted by Gasteiger charge is 2.12. The van der Waals surface area contributed by atoms with Crippen LogP contribution in [0.2, 0.25) is 0 Å². The molecule has 0 fully saturated rings. The standard InChI is InChI=1S/C18H22BrN3O5/c1-4-26-14-7-6-12(8-15(14)25-3)9-20-13-10-21-22(18(24)17(13)19)11-16(23)27-5-2/h6-8,10,20H,4-5,9,11H2,1-3H3. The summed E-state index contributed by atoms with van der Waals surface area (Å²) in [6.07, 6.45) is 1.48. The van der Waals surface area contributed by atoms with E-state index in [0.29, 0.717) is 34.8 Å². The maximum atomic E-state index is 12.3. The average molecular weight is 440 g/mol. The van der Waals surface area contributed by atoms with Crippen molar-refractivity contribution in [1.29, 1.82) is 0 Å². The minimum absolute atomic E-state index is 0.234. The molecule has 0 bridgehead atoms. The van der Waals surface area contributed by atoms with Gasteiger partial charge in [0, 0.05) is 6.54 Å². The van der Waals surface area contributed by atoms with E-state index in [4.69, 9.17) is 14.2 Å². The van der Waals surface area contributed by atoms with Gasteiger partial charge < -0.3 is 19.5 Å². The van der Waals surface area contributed by atoms with Gasteiger partial charge in [-0.25, -0.2) is 4.68 Å². The quantitative estimate of drug-likeness (QED) is 0.600. The highest BCUT2D eigenvalue weighted by molar-refractivity contribution is 9.10. The molecule has 0 unspecified atom stereocenters. The summed E-state index contributed by atoms with van der Waals surface area (Å²) in [5.41, 5.74) is 1.04. The summed E-state index contributed by atoms with van der Waals surface area (Å²) in [7, 11) is 1.58. The van der Waals surface area contributed by atoms with E-state index < -0.39 is 11.5 Å². The van der Waals surface area contributed by atoms with Gasteiger partial charge in [-0.15, -0.1) is 0 Å². The Morgan fingerprint density at radius 1 is 1.26 bits per heavy atom. The van der Waals surface area contributed by atoms with Crippen LogP contribution in [0, 0.1) is 0 Å². The lowest BCUT2D eigenvalue weighted by Gasteiger charge is -2.13. The highest BCUT2D eigenvalue weighted by Crippen LogP contribution is 2.28. The smallest absolute Gasteiger partial charge is 0.327 e. The Labute approximate surface area is 165 Å². The molecule has 0 aliphatic heterocycles. The molecule has 0 amide bonds. The summed E-state index contributed by atoms with van der Waals surface area (Å²) in [6.45, 7) is 4.62. The summed E-state index contributed by atoms with van der Waals surface area (Å²) < 4.78 is 17.0. The molecule has 9 heteroatoms. The third-order valence-corrected chi connectivity index (χ3v) is 4.35. The molecule has 27 heavy (non-hydrogen) atoms. The van der Waals surface area contributed by atoms with E-state index in [1.54, 1.807) is 14.0 Å². The molecule has 8 nitrogen and oxygen atoms in total. The first kappa shape index (κ1) is 20.8. The van der Waals surface area contributed by atoms with Crippen LogP contribution in [-0.4, -0.2) is 36.1 Å². The van der Waals surface area contributed by atoms with Crippen LogP contribution in [0.1, 0.15) is 19.4 Å². The van der Waals surface area contributed by atoms with Crippen molar-refractivity contribution in [3.8, 4) is 11.5 Å². The summed E-state index contributed by atoms with van der Waals surface area (Å²) in [4.78, 5) is 23.9. The number of hydrogen-bond donors (Lipinski definition) is 1. The molecular weight excluding hydrogens is 418 g/mol. The van der Waals surface area contributed by atoms with Gasteiger partial charge in [-0.1, -0.05) is 6.07 Å². The molecule has 1 heterocycles. The van der Waals surface area contributed by atoms with Crippen LogP contribution in [0.5, 0.6) is 11.5 Å². The Balaban J connectivity index is 2.11. The van der Waals surface area contributed by atoms with E-state index in [9.17, 15) is 9.59 Å². The zero-order chi connectivity index (χ0) is 19.8. The van der Waals surface area contributed by atoms with Crippen LogP contribution in [-0.2, 0) is 22.6 Å². The molecule has 0 radical (unpaired) electrons. The van der Waals surface area contributed by atoms with E-state index in [1.165, 1.54) is 6.20 Å². The SMILES string of the molecule is CCOC(=O)Cn1ncc(NCc2ccc(OCC)c(OC)c2)c(Br)c1=O. The summed E-state index contributed by atoms with van der Waals surface area (Å²) in [5, 5.41) is 7.16. The molecule has 0 saturated heterocycles. The third kappa shape index (κ3) is 5.46. The number of methoxy groups -OCH3 is 1. The topological polar surface area (TPSA) is 91.7 Å². The van der Waals surface area contributed by atoms with Gasteiger partial charge in [0.05, 0.1) is 32.2 Å². The first-order valence-electron chi connectivity index (χ1n) is 8.44. The lowest BCUT2D eigenvalue weighted by atomic mass is 10.2. The predicted molar refractivity (Wildman–Crippen MR) is 104 cm³/mol. The fourth-order valence-electron chi connectivity index (χ4n) is 2.32. The minimum atomic E-state index is -0.513. The van der Waals surface area contributed by atoms with Crippen molar-refractivity contribution in [3.05, 3.63) is 44.8 Å². The molecule has 0 saturated carbocycles. The zero-order valence-corrected chi connectivity index (χ0v) is 17.0. The molecule has 1 aromatic carbocycles. The van der Waals surface area contributed by atoms with Gasteiger partial charge in [0.15, 0.2) is 11.5 Å². The van der Waals surface area contributed by atoms with Crippen molar-refractivity contribution in [2.45, 2.75) is 26.9 Å². The van der Waals surface area contributed by atoms with Crippen molar-refractivity contribution >= 4 is 27.6 Å². The number of benzene rings is 1. The molecule has 0 spiro atoms. The van der Waals surface area contributed by atoms with Gasteiger partial charge in [-0.3, -0.25) is 9.59 Å². The molecular formula is C18H22BrN3O5. The Kier molecular flexibility index (Phi) is 7.66. The number of rotatable bonds is 9. The molecule has 0 aliphatic rings. The van der Waals surface area contributed by atoms with Crippen LogP contribution in [0.25, 0.3) is 0 Å². The van der Waals surface area contributed by atoms with Gasteiger partial charge in [-0.2, -0.15) is 5.10 Å². The molecule has 0 atom stereocenters. The number of hydrogen-bond acceptors (Lipinski definition) is 7. The number of ether oxygens (including phenoxy) is 3. The molecule has 2 aromatic rings. The molecule has 0 aliphatic carbocycles. The number of nitrogens with one attached hydrogen (secondary N) is 1. The predicted octanol–water partition coefficient (Wildman–Crippen LogP) is 2.59. The Hall–Kier alpha value is -2.55. The molecule has 1 aromatic heterocycles. The van der Waals surface area contributed by atoms with Crippen LogP contribution < -0.4 is 20.3 Å². The van der Waals surface area contributed by atoms with Gasteiger partial charge in [0.2, 0.25) is 0 Å². The van der Waals surface area contributed by atoms with Crippen molar-refractivity contribution in [1.82, 2.24) is 9.78 Å². The Bertz CT molecular complexity index is 853. The van der Waals surface area contributed by atoms with Crippen LogP contribution in [0.15, 0.2) is 33.7 Å². The Morgan fingerprint density at radius 3 is 2.70 bits per heavy atom. The van der Waals surface area contributed by atoms with Crippen molar-refractivity contribution in [2.24, 2.45) is 0 Å². The van der Waals surface area contributed by atoms with Crippen LogP contribution in [0.4, 0.5) is 5.69 Å². The summed E-state index contributed by atoms with van der Waals surface area (Å²) >= 11 is 3.26. The average Bonchev–Trinajstić information content (AvgIpc) is 2.66. The van der Waals surface area contributed by atoms with E-state index in [-0.39, 0.29) is 13.2 Å². The second kappa shape index (κ2) is 9.96. The molecule has 1 N–H and O–H groups in total. The van der Waals surface area contributed by atoms with Gasteiger partial charge >= 0.3 is 5.97 Å². The normalized spacial score (nSPS) is 10.4. The maximum Gasteiger partial charge on any atom is 0.327 e. The minimum Gasteiger partial charge on any atom is -0.493 e. The number of carbonyl (C=O) groups is 1. The fraction of sp³-hybridized carbons (Fsp3) is 0.389. The second-order valence-corrected chi connectivity index (χ2v) is 6.20. The first-order valence-corrected chi connectivity index (χ1v) is 9.24. The fourth-order valence-corrected chi connectivity index (χ4v) is 2.77. The van der Waals surface area contributed by atoms with E-state index >= 15 is 0 Å². The lowest BCUT2D eigenvalue weighted by molar-refractivity contribution is -0.144. The number of aromatic nitrogens is 2.